The molecule has 23 heavy (non-hydrogen) atoms. The molecule has 1 aliphatic rings. The van der Waals surface area contributed by atoms with E-state index in [-0.39, 0.29) is 24.4 Å². The average Bonchev–Trinajstić information content (AvgIpc) is 2.54. The standard InChI is InChI=1S/C17H26N2OS2.ClH/c1-12(2)10-15(11-18)19-16(20)13-4-6-14(7-5-13)17-21-8-3-9-22-17;/h4-7,12,15,17H,3,8-11,18H2,1-2H3,(H,19,20);1H. The SMILES string of the molecule is CC(C)CC(CN)NC(=O)c1ccc(C2SCCCS2)cc1.Cl. The Morgan fingerprint density at radius 2 is 1.87 bits per heavy atom. The van der Waals surface area contributed by atoms with Gasteiger partial charge in [-0.2, -0.15) is 0 Å². The van der Waals surface area contributed by atoms with Gasteiger partial charge in [-0.1, -0.05) is 26.0 Å². The number of thioether (sulfide) groups is 2. The molecule has 3 N–H and O–H groups in total. The molecule has 1 saturated heterocycles. The molecule has 1 aliphatic heterocycles. The van der Waals surface area contributed by atoms with E-state index < -0.39 is 0 Å². The van der Waals surface area contributed by atoms with Crippen molar-refractivity contribution in [2.75, 3.05) is 18.1 Å². The third-order valence-corrected chi connectivity index (χ3v) is 6.66. The number of halogens is 1. The van der Waals surface area contributed by atoms with Crippen molar-refractivity contribution < 1.29 is 4.79 Å². The highest BCUT2D eigenvalue weighted by Crippen LogP contribution is 2.43. The van der Waals surface area contributed by atoms with Crippen LogP contribution in [0, 0.1) is 5.92 Å². The molecule has 1 unspecified atom stereocenters. The summed E-state index contributed by atoms with van der Waals surface area (Å²) in [6.45, 7) is 4.77. The first-order chi connectivity index (χ1) is 10.6. The smallest absolute Gasteiger partial charge is 0.251 e. The Balaban J connectivity index is 0.00000264. The molecular formula is C17H27ClN2OS2. The van der Waals surface area contributed by atoms with Crippen LogP contribution in [0.5, 0.6) is 0 Å². The summed E-state index contributed by atoms with van der Waals surface area (Å²) in [6, 6.07) is 8.10. The minimum atomic E-state index is -0.0217. The fourth-order valence-corrected chi connectivity index (χ4v) is 5.42. The molecule has 1 atom stereocenters. The van der Waals surface area contributed by atoms with Crippen molar-refractivity contribution in [2.45, 2.75) is 37.3 Å². The first-order valence-corrected chi connectivity index (χ1v) is 10.0. The van der Waals surface area contributed by atoms with Crippen molar-refractivity contribution in [3.63, 3.8) is 0 Å². The van der Waals surface area contributed by atoms with E-state index in [0.717, 1.165) is 12.0 Å². The normalized spacial score (nSPS) is 16.7. The molecular weight excluding hydrogens is 348 g/mol. The summed E-state index contributed by atoms with van der Waals surface area (Å²) in [6.07, 6.45) is 2.21. The number of nitrogens with one attached hydrogen (secondary N) is 1. The van der Waals surface area contributed by atoms with Gasteiger partial charge in [-0.3, -0.25) is 4.79 Å². The van der Waals surface area contributed by atoms with Gasteiger partial charge in [-0.05, 0) is 48.0 Å². The van der Waals surface area contributed by atoms with Crippen molar-refractivity contribution in [1.82, 2.24) is 5.32 Å². The zero-order valence-electron chi connectivity index (χ0n) is 13.8. The molecule has 1 fully saturated rings. The quantitative estimate of drug-likeness (QED) is 0.787. The minimum absolute atomic E-state index is 0. The molecule has 0 bridgehead atoms. The van der Waals surface area contributed by atoms with Crippen molar-refractivity contribution in [1.29, 1.82) is 0 Å². The Hall–Kier alpha value is -0.360. The van der Waals surface area contributed by atoms with Gasteiger partial charge in [0.1, 0.15) is 0 Å². The number of hydrogen-bond donors (Lipinski definition) is 2. The Kier molecular flexibility index (Phi) is 9.44. The summed E-state index contributed by atoms with van der Waals surface area (Å²) in [7, 11) is 0. The predicted molar refractivity (Wildman–Crippen MR) is 106 cm³/mol. The summed E-state index contributed by atoms with van der Waals surface area (Å²) >= 11 is 4.00. The molecule has 0 radical (unpaired) electrons. The highest BCUT2D eigenvalue weighted by molar-refractivity contribution is 8.16. The van der Waals surface area contributed by atoms with E-state index in [1.54, 1.807) is 0 Å². The van der Waals surface area contributed by atoms with Crippen molar-refractivity contribution >= 4 is 41.8 Å². The average molecular weight is 375 g/mol. The number of carbonyl (C=O) groups excluding carboxylic acids is 1. The van der Waals surface area contributed by atoms with E-state index in [1.165, 1.54) is 23.5 Å². The summed E-state index contributed by atoms with van der Waals surface area (Å²) in [5.74, 6) is 2.96. The summed E-state index contributed by atoms with van der Waals surface area (Å²) in [4.78, 5) is 12.3. The van der Waals surface area contributed by atoms with Crippen LogP contribution in [0.25, 0.3) is 0 Å². The summed E-state index contributed by atoms with van der Waals surface area (Å²) in [5.41, 5.74) is 7.78. The fraction of sp³-hybridized carbons (Fsp3) is 0.588. The van der Waals surface area contributed by atoms with E-state index in [2.05, 4.69) is 31.3 Å². The van der Waals surface area contributed by atoms with E-state index in [0.29, 0.717) is 17.0 Å². The second kappa shape index (κ2) is 10.5. The van der Waals surface area contributed by atoms with Crippen LogP contribution in [-0.2, 0) is 0 Å². The van der Waals surface area contributed by atoms with Gasteiger partial charge in [0.25, 0.3) is 5.91 Å². The maximum absolute atomic E-state index is 12.3. The second-order valence-corrected chi connectivity index (χ2v) is 8.81. The largest absolute Gasteiger partial charge is 0.348 e. The molecule has 1 amide bonds. The molecule has 0 spiro atoms. The van der Waals surface area contributed by atoms with Gasteiger partial charge < -0.3 is 11.1 Å². The molecule has 2 rings (SSSR count). The van der Waals surface area contributed by atoms with Gasteiger partial charge in [0.05, 0.1) is 4.58 Å². The van der Waals surface area contributed by atoms with Gasteiger partial charge >= 0.3 is 0 Å². The number of nitrogens with two attached hydrogens (primary N) is 1. The van der Waals surface area contributed by atoms with Crippen LogP contribution in [0.4, 0.5) is 0 Å². The maximum atomic E-state index is 12.3. The molecule has 0 aliphatic carbocycles. The number of benzene rings is 1. The van der Waals surface area contributed by atoms with Crippen molar-refractivity contribution in [3.8, 4) is 0 Å². The van der Waals surface area contributed by atoms with Crippen LogP contribution in [0.2, 0.25) is 0 Å². The molecule has 0 aromatic heterocycles. The van der Waals surface area contributed by atoms with Crippen LogP contribution >= 0.6 is 35.9 Å². The molecule has 1 aromatic rings. The lowest BCUT2D eigenvalue weighted by Crippen LogP contribution is -2.41. The lowest BCUT2D eigenvalue weighted by atomic mass is 10.0. The highest BCUT2D eigenvalue weighted by Gasteiger charge is 2.18. The number of rotatable bonds is 6. The highest BCUT2D eigenvalue weighted by atomic mass is 35.5. The van der Waals surface area contributed by atoms with E-state index in [4.69, 9.17) is 5.73 Å². The van der Waals surface area contributed by atoms with Gasteiger partial charge in [0.15, 0.2) is 0 Å². The Morgan fingerprint density at radius 1 is 1.26 bits per heavy atom. The van der Waals surface area contributed by atoms with E-state index in [1.807, 2.05) is 35.7 Å². The van der Waals surface area contributed by atoms with Crippen LogP contribution in [0.3, 0.4) is 0 Å². The van der Waals surface area contributed by atoms with E-state index in [9.17, 15) is 4.79 Å². The van der Waals surface area contributed by atoms with Crippen LogP contribution in [0.1, 0.15) is 47.2 Å². The molecule has 130 valence electrons. The van der Waals surface area contributed by atoms with Gasteiger partial charge in [-0.25, -0.2) is 0 Å². The molecule has 1 aromatic carbocycles. The van der Waals surface area contributed by atoms with Crippen LogP contribution in [0.15, 0.2) is 24.3 Å². The van der Waals surface area contributed by atoms with Crippen LogP contribution < -0.4 is 11.1 Å². The van der Waals surface area contributed by atoms with Crippen molar-refractivity contribution in [2.24, 2.45) is 11.7 Å². The predicted octanol–water partition coefficient (Wildman–Crippen LogP) is 4.08. The fourth-order valence-electron chi connectivity index (χ4n) is 2.52. The van der Waals surface area contributed by atoms with Gasteiger partial charge in [-0.15, -0.1) is 35.9 Å². The van der Waals surface area contributed by atoms with Crippen molar-refractivity contribution in [3.05, 3.63) is 35.4 Å². The molecule has 0 saturated carbocycles. The van der Waals surface area contributed by atoms with Crippen LogP contribution in [-0.4, -0.2) is 30.0 Å². The van der Waals surface area contributed by atoms with Gasteiger partial charge in [0, 0.05) is 18.2 Å². The molecule has 6 heteroatoms. The molecule has 1 heterocycles. The number of amides is 1. The van der Waals surface area contributed by atoms with E-state index >= 15 is 0 Å². The monoisotopic (exact) mass is 374 g/mol. The molecule has 3 nitrogen and oxygen atoms in total. The third-order valence-electron chi connectivity index (χ3n) is 3.65. The number of hydrogen-bond acceptors (Lipinski definition) is 4. The first kappa shape index (κ1) is 20.7. The minimum Gasteiger partial charge on any atom is -0.348 e. The topological polar surface area (TPSA) is 55.1 Å². The zero-order chi connectivity index (χ0) is 15.9. The summed E-state index contributed by atoms with van der Waals surface area (Å²) in [5, 5.41) is 3.04. The Labute approximate surface area is 154 Å². The lowest BCUT2D eigenvalue weighted by molar-refractivity contribution is 0.0934. The van der Waals surface area contributed by atoms with Gasteiger partial charge in [0.2, 0.25) is 0 Å². The first-order valence-electron chi connectivity index (χ1n) is 7.94. The Morgan fingerprint density at radius 3 is 2.39 bits per heavy atom. The lowest BCUT2D eigenvalue weighted by Gasteiger charge is -2.21. The summed E-state index contributed by atoms with van der Waals surface area (Å²) < 4.78 is 0.517. The maximum Gasteiger partial charge on any atom is 0.251 e. The Bertz CT molecular complexity index is 476. The third kappa shape index (κ3) is 6.57. The second-order valence-electron chi connectivity index (χ2n) is 6.08. The zero-order valence-corrected chi connectivity index (χ0v) is 16.2. The number of carbonyl (C=O) groups is 1.